The Balaban J connectivity index is 1.75. The fourth-order valence-electron chi connectivity index (χ4n) is 3.35. The number of rotatable bonds is 4. The van der Waals surface area contributed by atoms with Gasteiger partial charge in [-0.05, 0) is 25.7 Å². The number of carbonyl (C=O) groups is 1. The molecule has 0 bridgehead atoms. The summed E-state index contributed by atoms with van der Waals surface area (Å²) in [4.78, 5) is 20.9. The molecular weight excluding hydrogens is 304 g/mol. The second kappa shape index (κ2) is 7.57. The highest BCUT2D eigenvalue weighted by Gasteiger charge is 2.25. The van der Waals surface area contributed by atoms with Gasteiger partial charge in [0.1, 0.15) is 17.9 Å². The van der Waals surface area contributed by atoms with Crippen molar-refractivity contribution in [3.63, 3.8) is 0 Å². The van der Waals surface area contributed by atoms with Crippen molar-refractivity contribution in [2.45, 2.75) is 44.6 Å². The predicted octanol–water partition coefficient (Wildman–Crippen LogP) is 2.64. The summed E-state index contributed by atoms with van der Waals surface area (Å²) in [5.74, 6) is 1.39. The van der Waals surface area contributed by atoms with E-state index in [4.69, 9.17) is 10.5 Å². The van der Waals surface area contributed by atoms with Crippen LogP contribution in [-0.4, -0.2) is 29.0 Å². The lowest BCUT2D eigenvalue weighted by Crippen LogP contribution is -2.34. The number of aromatic nitrogens is 2. The summed E-state index contributed by atoms with van der Waals surface area (Å²) >= 11 is 0. The first-order chi connectivity index (χ1) is 11.7. The standard InChI is InChI=1S/C18H24N4O2/c1-24-16-8-3-2-7-14(16)15-10-17(21-11-20-15)22-18(23)12-5-4-6-13(19)9-12/h2,7,10-13H,3-6,8-9,19H2,1H3,(H,20,21,22,23). The quantitative estimate of drug-likeness (QED) is 0.887. The number of hydrogen-bond donors (Lipinski definition) is 2. The first-order valence-electron chi connectivity index (χ1n) is 8.50. The van der Waals surface area contributed by atoms with Crippen molar-refractivity contribution >= 4 is 17.3 Å². The van der Waals surface area contributed by atoms with Crippen molar-refractivity contribution < 1.29 is 9.53 Å². The normalized spacial score (nSPS) is 23.9. The van der Waals surface area contributed by atoms with Crippen LogP contribution >= 0.6 is 0 Å². The van der Waals surface area contributed by atoms with Crippen LogP contribution in [0.5, 0.6) is 0 Å². The van der Waals surface area contributed by atoms with E-state index in [0.29, 0.717) is 5.82 Å². The van der Waals surface area contributed by atoms with Crippen molar-refractivity contribution in [2.75, 3.05) is 12.4 Å². The minimum atomic E-state index is -0.0320. The lowest BCUT2D eigenvalue weighted by atomic mass is 9.85. The molecule has 1 amide bonds. The summed E-state index contributed by atoms with van der Waals surface area (Å²) in [7, 11) is 1.67. The van der Waals surface area contributed by atoms with E-state index in [1.165, 1.54) is 6.33 Å². The molecule has 3 N–H and O–H groups in total. The monoisotopic (exact) mass is 328 g/mol. The summed E-state index contributed by atoms with van der Waals surface area (Å²) < 4.78 is 5.45. The van der Waals surface area contributed by atoms with Gasteiger partial charge >= 0.3 is 0 Å². The highest BCUT2D eigenvalue weighted by atomic mass is 16.5. The number of carbonyl (C=O) groups excluding carboxylic acids is 1. The molecule has 24 heavy (non-hydrogen) atoms. The number of nitrogens with two attached hydrogens (primary N) is 1. The summed E-state index contributed by atoms with van der Waals surface area (Å²) in [5, 5.41) is 2.91. The second-order valence-corrected chi connectivity index (χ2v) is 6.38. The molecule has 6 nitrogen and oxygen atoms in total. The summed E-state index contributed by atoms with van der Waals surface area (Å²) in [6.07, 6.45) is 11.0. The molecule has 1 aromatic heterocycles. The van der Waals surface area contributed by atoms with Gasteiger partial charge in [0.2, 0.25) is 5.91 Å². The van der Waals surface area contributed by atoms with Crippen LogP contribution in [0.3, 0.4) is 0 Å². The third-order valence-electron chi connectivity index (χ3n) is 4.65. The Kier molecular flexibility index (Phi) is 5.25. The lowest BCUT2D eigenvalue weighted by molar-refractivity contribution is -0.120. The van der Waals surface area contributed by atoms with Crippen LogP contribution in [0.2, 0.25) is 0 Å². The second-order valence-electron chi connectivity index (χ2n) is 6.38. The van der Waals surface area contributed by atoms with Crippen LogP contribution in [0, 0.1) is 5.92 Å². The van der Waals surface area contributed by atoms with Crippen LogP contribution < -0.4 is 11.1 Å². The molecule has 2 aliphatic carbocycles. The number of anilines is 1. The van der Waals surface area contributed by atoms with Crippen LogP contribution in [0.25, 0.3) is 5.57 Å². The van der Waals surface area contributed by atoms with E-state index in [1.54, 1.807) is 13.2 Å². The van der Waals surface area contributed by atoms with Gasteiger partial charge in [0, 0.05) is 30.0 Å². The molecule has 0 aromatic carbocycles. The maximum absolute atomic E-state index is 12.4. The number of hydrogen-bond acceptors (Lipinski definition) is 5. The molecule has 0 radical (unpaired) electrons. The van der Waals surface area contributed by atoms with E-state index in [9.17, 15) is 4.79 Å². The minimum Gasteiger partial charge on any atom is -0.500 e. The van der Waals surface area contributed by atoms with E-state index < -0.39 is 0 Å². The smallest absolute Gasteiger partial charge is 0.228 e. The van der Waals surface area contributed by atoms with Crippen molar-refractivity contribution in [1.82, 2.24) is 9.97 Å². The number of allylic oxidation sites excluding steroid dienone is 4. The first-order valence-corrected chi connectivity index (χ1v) is 8.50. The Labute approximate surface area is 142 Å². The average Bonchev–Trinajstić information content (AvgIpc) is 2.62. The van der Waals surface area contributed by atoms with Crippen LogP contribution in [0.1, 0.15) is 44.2 Å². The zero-order valence-corrected chi connectivity index (χ0v) is 14.0. The maximum Gasteiger partial charge on any atom is 0.228 e. The Hall–Kier alpha value is -2.21. The highest BCUT2D eigenvalue weighted by molar-refractivity contribution is 5.92. The van der Waals surface area contributed by atoms with Crippen molar-refractivity contribution in [2.24, 2.45) is 11.7 Å². The van der Waals surface area contributed by atoms with Crippen LogP contribution in [0.4, 0.5) is 5.82 Å². The van der Waals surface area contributed by atoms with Gasteiger partial charge in [-0.15, -0.1) is 0 Å². The molecule has 0 saturated heterocycles. The molecule has 1 fully saturated rings. The molecule has 1 aromatic rings. The van der Waals surface area contributed by atoms with Gasteiger partial charge in [-0.2, -0.15) is 0 Å². The summed E-state index contributed by atoms with van der Waals surface area (Å²) in [6, 6.07) is 1.92. The fraction of sp³-hybridized carbons (Fsp3) is 0.500. The number of nitrogens with one attached hydrogen (secondary N) is 1. The molecule has 0 spiro atoms. The van der Waals surface area contributed by atoms with Gasteiger partial charge in [0.25, 0.3) is 0 Å². The zero-order chi connectivity index (χ0) is 16.9. The van der Waals surface area contributed by atoms with E-state index >= 15 is 0 Å². The van der Waals surface area contributed by atoms with Crippen molar-refractivity contribution in [3.8, 4) is 0 Å². The van der Waals surface area contributed by atoms with Crippen LogP contribution in [0.15, 0.2) is 30.3 Å². The average molecular weight is 328 g/mol. The molecule has 1 saturated carbocycles. The number of nitrogens with zero attached hydrogens (tertiary/aromatic N) is 2. The third kappa shape index (κ3) is 3.82. The van der Waals surface area contributed by atoms with Gasteiger partial charge in [-0.3, -0.25) is 4.79 Å². The SMILES string of the molecule is COC1=C(c2cc(NC(=O)C3CCCC(N)C3)ncn2)C=CCC1. The summed E-state index contributed by atoms with van der Waals surface area (Å²) in [5.41, 5.74) is 7.68. The molecule has 2 atom stereocenters. The van der Waals surface area contributed by atoms with E-state index in [1.807, 2.05) is 6.08 Å². The molecule has 2 aliphatic rings. The fourth-order valence-corrected chi connectivity index (χ4v) is 3.35. The molecule has 3 rings (SSSR count). The Morgan fingerprint density at radius 2 is 2.25 bits per heavy atom. The minimum absolute atomic E-state index is 0.00469. The van der Waals surface area contributed by atoms with Crippen molar-refractivity contribution in [1.29, 1.82) is 0 Å². The van der Waals surface area contributed by atoms with Gasteiger partial charge in [-0.25, -0.2) is 9.97 Å². The van der Waals surface area contributed by atoms with Crippen molar-refractivity contribution in [3.05, 3.63) is 36.0 Å². The highest BCUT2D eigenvalue weighted by Crippen LogP contribution is 2.28. The van der Waals surface area contributed by atoms with Crippen LogP contribution in [-0.2, 0) is 9.53 Å². The van der Waals surface area contributed by atoms with Gasteiger partial charge < -0.3 is 15.8 Å². The number of ether oxygens (including phenoxy) is 1. The zero-order valence-electron chi connectivity index (χ0n) is 14.0. The maximum atomic E-state index is 12.4. The van der Waals surface area contributed by atoms with E-state index in [-0.39, 0.29) is 17.9 Å². The number of methoxy groups -OCH3 is 1. The van der Waals surface area contributed by atoms with E-state index in [2.05, 4.69) is 21.4 Å². The molecule has 6 heteroatoms. The van der Waals surface area contributed by atoms with Gasteiger partial charge in [-0.1, -0.05) is 18.6 Å². The first kappa shape index (κ1) is 16.6. The third-order valence-corrected chi connectivity index (χ3v) is 4.65. The molecular formula is C18H24N4O2. The molecule has 128 valence electrons. The Bertz CT molecular complexity index is 669. The Morgan fingerprint density at radius 1 is 1.38 bits per heavy atom. The molecule has 2 unspecified atom stereocenters. The van der Waals surface area contributed by atoms with Gasteiger partial charge in [0.15, 0.2) is 0 Å². The topological polar surface area (TPSA) is 90.1 Å². The molecule has 0 aliphatic heterocycles. The largest absolute Gasteiger partial charge is 0.500 e. The van der Waals surface area contributed by atoms with Gasteiger partial charge in [0.05, 0.1) is 12.8 Å². The predicted molar refractivity (Wildman–Crippen MR) is 92.9 cm³/mol. The molecule has 1 heterocycles. The lowest BCUT2D eigenvalue weighted by Gasteiger charge is -2.25. The summed E-state index contributed by atoms with van der Waals surface area (Å²) in [6.45, 7) is 0. The number of amides is 1. The Morgan fingerprint density at radius 3 is 3.04 bits per heavy atom. The van der Waals surface area contributed by atoms with E-state index in [0.717, 1.165) is 55.6 Å².